The molecule has 4 nitrogen and oxygen atoms in total. The van der Waals surface area contributed by atoms with Crippen LogP contribution in [0.15, 0.2) is 24.3 Å². The molecule has 0 unspecified atom stereocenters. The third-order valence-electron chi connectivity index (χ3n) is 1.30. The van der Waals surface area contributed by atoms with E-state index in [1.54, 1.807) is 12.1 Å². The molecule has 1 aromatic carbocycles. The summed E-state index contributed by atoms with van der Waals surface area (Å²) in [5.74, 6) is 0.438. The monoisotopic (exact) mass is 198 g/mol. The fourth-order valence-electron chi connectivity index (χ4n) is 0.795. The predicted octanol–water partition coefficient (Wildman–Crippen LogP) is 0.921. The average molecular weight is 198 g/mol. The van der Waals surface area contributed by atoms with Gasteiger partial charge in [0, 0.05) is 0 Å². The molecule has 0 spiro atoms. The van der Waals surface area contributed by atoms with Crippen LogP contribution in [-0.4, -0.2) is 11.1 Å². The van der Waals surface area contributed by atoms with E-state index in [9.17, 15) is 0 Å². The van der Waals surface area contributed by atoms with E-state index in [1.165, 1.54) is 0 Å². The molecule has 1 aromatic rings. The van der Waals surface area contributed by atoms with Crippen molar-refractivity contribution in [3.05, 3.63) is 29.8 Å². The van der Waals surface area contributed by atoms with Gasteiger partial charge in [-0.2, -0.15) is 0 Å². The van der Waals surface area contributed by atoms with Gasteiger partial charge in [-0.25, -0.2) is 0 Å². The van der Waals surface area contributed by atoms with Gasteiger partial charge in [0.1, 0.15) is 5.75 Å². The zero-order valence-corrected chi connectivity index (χ0v) is 8.82. The standard InChI is InChI=1S/C8H12N2O2.C2H6/c1-6-2-4-7(5-3-6)12-8(9,10)11;1-2/h2-5,11H,9-10H2,1H3;1-2H3. The molecule has 0 aliphatic heterocycles. The van der Waals surface area contributed by atoms with E-state index in [-0.39, 0.29) is 0 Å². The maximum atomic E-state index is 8.87. The van der Waals surface area contributed by atoms with Crippen molar-refractivity contribution in [2.75, 3.05) is 0 Å². The Hall–Kier alpha value is -1.10. The Kier molecular flexibility index (Phi) is 5.15. The third-order valence-corrected chi connectivity index (χ3v) is 1.30. The number of ether oxygens (including phenoxy) is 1. The minimum absolute atomic E-state index is 0.438. The van der Waals surface area contributed by atoms with E-state index in [2.05, 4.69) is 0 Å². The maximum absolute atomic E-state index is 8.87. The molecule has 0 saturated heterocycles. The molecule has 0 bridgehead atoms. The summed E-state index contributed by atoms with van der Waals surface area (Å²) in [5.41, 5.74) is 11.1. The Labute approximate surface area is 84.5 Å². The van der Waals surface area contributed by atoms with Crippen molar-refractivity contribution in [2.24, 2.45) is 11.5 Å². The molecule has 5 N–H and O–H groups in total. The molecule has 0 aliphatic carbocycles. The number of benzene rings is 1. The Morgan fingerprint density at radius 3 is 1.93 bits per heavy atom. The molecule has 4 heteroatoms. The Morgan fingerprint density at radius 1 is 1.14 bits per heavy atom. The minimum Gasteiger partial charge on any atom is -0.437 e. The van der Waals surface area contributed by atoms with Crippen LogP contribution in [-0.2, 0) is 0 Å². The highest BCUT2D eigenvalue weighted by molar-refractivity contribution is 5.26. The molecule has 80 valence electrons. The fraction of sp³-hybridized carbons (Fsp3) is 0.400. The second kappa shape index (κ2) is 5.59. The summed E-state index contributed by atoms with van der Waals surface area (Å²) in [5, 5.41) is 8.87. The summed E-state index contributed by atoms with van der Waals surface area (Å²) >= 11 is 0. The first-order valence-electron chi connectivity index (χ1n) is 4.53. The minimum atomic E-state index is -2.10. The van der Waals surface area contributed by atoms with Gasteiger partial charge in [-0.3, -0.25) is 11.5 Å². The highest BCUT2D eigenvalue weighted by Gasteiger charge is 2.14. The van der Waals surface area contributed by atoms with Gasteiger partial charge in [0.15, 0.2) is 0 Å². The van der Waals surface area contributed by atoms with Crippen LogP contribution < -0.4 is 16.2 Å². The molecule has 0 heterocycles. The molecule has 0 aliphatic rings. The predicted molar refractivity (Wildman–Crippen MR) is 56.5 cm³/mol. The van der Waals surface area contributed by atoms with Crippen LogP contribution in [0.3, 0.4) is 0 Å². The molecule has 0 amide bonds. The molecular weight excluding hydrogens is 180 g/mol. The zero-order valence-electron chi connectivity index (χ0n) is 8.82. The number of nitrogens with two attached hydrogens (primary N) is 2. The number of hydrogen-bond acceptors (Lipinski definition) is 4. The second-order valence-electron chi connectivity index (χ2n) is 2.67. The van der Waals surface area contributed by atoms with E-state index in [0.29, 0.717) is 5.75 Å². The number of aryl methyl sites for hydroxylation is 1. The summed E-state index contributed by atoms with van der Waals surface area (Å²) in [6.07, 6.45) is 0. The molecule has 0 aromatic heterocycles. The van der Waals surface area contributed by atoms with Crippen LogP contribution in [0, 0.1) is 6.92 Å². The van der Waals surface area contributed by atoms with Gasteiger partial charge in [0.05, 0.1) is 0 Å². The Balaban J connectivity index is 0.000000791. The Bertz CT molecular complexity index is 252. The van der Waals surface area contributed by atoms with Crippen molar-refractivity contribution in [1.82, 2.24) is 0 Å². The van der Waals surface area contributed by atoms with Crippen molar-refractivity contribution in [1.29, 1.82) is 0 Å². The summed E-state index contributed by atoms with van der Waals surface area (Å²) in [6, 6.07) is 4.93. The molecule has 0 radical (unpaired) electrons. The molecule has 14 heavy (non-hydrogen) atoms. The lowest BCUT2D eigenvalue weighted by atomic mass is 10.2. The van der Waals surface area contributed by atoms with E-state index in [4.69, 9.17) is 21.3 Å². The highest BCUT2D eigenvalue weighted by atomic mass is 16.7. The van der Waals surface area contributed by atoms with Crippen LogP contribution >= 0.6 is 0 Å². The van der Waals surface area contributed by atoms with Crippen molar-refractivity contribution in [2.45, 2.75) is 26.8 Å². The van der Waals surface area contributed by atoms with E-state index in [0.717, 1.165) is 5.56 Å². The average Bonchev–Trinajstić information content (AvgIpc) is 2.10. The highest BCUT2D eigenvalue weighted by Crippen LogP contribution is 2.12. The lowest BCUT2D eigenvalue weighted by molar-refractivity contribution is -0.126. The first kappa shape index (κ1) is 12.9. The zero-order chi connectivity index (χ0) is 11.2. The summed E-state index contributed by atoms with van der Waals surface area (Å²) in [7, 11) is 0. The lowest BCUT2D eigenvalue weighted by Gasteiger charge is -2.18. The lowest BCUT2D eigenvalue weighted by Crippen LogP contribution is -2.54. The van der Waals surface area contributed by atoms with Crippen LogP contribution in [0.5, 0.6) is 5.75 Å². The molecule has 1 rings (SSSR count). The van der Waals surface area contributed by atoms with Gasteiger partial charge in [-0.1, -0.05) is 31.5 Å². The van der Waals surface area contributed by atoms with E-state index >= 15 is 0 Å². The van der Waals surface area contributed by atoms with Crippen molar-refractivity contribution < 1.29 is 9.84 Å². The van der Waals surface area contributed by atoms with Gasteiger partial charge < -0.3 is 9.84 Å². The molecule has 0 saturated carbocycles. The number of hydrogen-bond donors (Lipinski definition) is 3. The summed E-state index contributed by atoms with van der Waals surface area (Å²) < 4.78 is 4.77. The van der Waals surface area contributed by atoms with Crippen LogP contribution in [0.1, 0.15) is 19.4 Å². The maximum Gasteiger partial charge on any atom is 0.328 e. The topological polar surface area (TPSA) is 81.5 Å². The summed E-state index contributed by atoms with van der Waals surface area (Å²) in [4.78, 5) is 0. The van der Waals surface area contributed by atoms with Gasteiger partial charge in [-0.05, 0) is 19.1 Å². The van der Waals surface area contributed by atoms with Crippen LogP contribution in [0.2, 0.25) is 0 Å². The number of aliphatic hydroxyl groups is 1. The first-order chi connectivity index (χ1) is 6.47. The van der Waals surface area contributed by atoms with E-state index in [1.807, 2.05) is 32.9 Å². The normalized spacial score (nSPS) is 10.1. The fourth-order valence-corrected chi connectivity index (χ4v) is 0.795. The van der Waals surface area contributed by atoms with Crippen LogP contribution in [0.25, 0.3) is 0 Å². The summed E-state index contributed by atoms with van der Waals surface area (Å²) in [6.45, 7) is 5.95. The van der Waals surface area contributed by atoms with Gasteiger partial charge in [0.2, 0.25) is 0 Å². The van der Waals surface area contributed by atoms with Gasteiger partial charge >= 0.3 is 6.03 Å². The van der Waals surface area contributed by atoms with Crippen molar-refractivity contribution in [3.8, 4) is 5.75 Å². The third kappa shape index (κ3) is 5.53. The van der Waals surface area contributed by atoms with E-state index < -0.39 is 6.03 Å². The molecule has 0 atom stereocenters. The molecule has 0 fully saturated rings. The SMILES string of the molecule is CC.Cc1ccc(OC(N)(N)O)cc1. The van der Waals surface area contributed by atoms with Crippen molar-refractivity contribution in [3.63, 3.8) is 0 Å². The van der Waals surface area contributed by atoms with Crippen LogP contribution in [0.4, 0.5) is 0 Å². The largest absolute Gasteiger partial charge is 0.437 e. The number of rotatable bonds is 2. The first-order valence-corrected chi connectivity index (χ1v) is 4.53. The van der Waals surface area contributed by atoms with Crippen molar-refractivity contribution >= 4 is 0 Å². The Morgan fingerprint density at radius 2 is 1.57 bits per heavy atom. The van der Waals surface area contributed by atoms with Gasteiger partial charge in [-0.15, -0.1) is 0 Å². The quantitative estimate of drug-likeness (QED) is 0.617. The molecular formula is C10H18N2O2. The smallest absolute Gasteiger partial charge is 0.328 e. The van der Waals surface area contributed by atoms with Gasteiger partial charge in [0.25, 0.3) is 0 Å². The second-order valence-corrected chi connectivity index (χ2v) is 2.67.